The average Bonchev–Trinajstić information content (AvgIpc) is 3.30. The van der Waals surface area contributed by atoms with E-state index >= 15 is 0 Å². The zero-order chi connectivity index (χ0) is 19.8. The molecule has 146 valence electrons. The van der Waals surface area contributed by atoms with Crippen LogP contribution in [0.25, 0.3) is 0 Å². The lowest BCUT2D eigenvalue weighted by atomic mass is 10.1. The minimum Gasteiger partial charge on any atom is -0.344 e. The highest BCUT2D eigenvalue weighted by Crippen LogP contribution is 2.33. The van der Waals surface area contributed by atoms with E-state index in [1.807, 2.05) is 14.1 Å². The number of hydrogen-bond donors (Lipinski definition) is 0. The van der Waals surface area contributed by atoms with Crippen LogP contribution in [-0.2, 0) is 9.84 Å². The van der Waals surface area contributed by atoms with E-state index in [1.165, 1.54) is 12.1 Å². The van der Waals surface area contributed by atoms with Gasteiger partial charge < -0.3 is 14.3 Å². The number of benzene rings is 1. The van der Waals surface area contributed by atoms with Crippen LogP contribution in [0.5, 0.6) is 0 Å². The maximum Gasteiger partial charge on any atom is 0.265 e. The Balaban J connectivity index is 1.82. The van der Waals surface area contributed by atoms with Crippen molar-refractivity contribution in [2.24, 2.45) is 0 Å². The van der Waals surface area contributed by atoms with Crippen molar-refractivity contribution in [1.29, 1.82) is 0 Å². The van der Waals surface area contributed by atoms with E-state index in [0.717, 1.165) is 12.8 Å². The van der Waals surface area contributed by atoms with Gasteiger partial charge in [0.2, 0.25) is 0 Å². The number of sulfone groups is 1. The Morgan fingerprint density at radius 2 is 1.93 bits per heavy atom. The number of amides is 1. The number of hydrogen-bond acceptors (Lipinski definition) is 7. The molecule has 1 saturated heterocycles. The first kappa shape index (κ1) is 19.3. The topological polar surface area (TPSA) is 96.6 Å². The summed E-state index contributed by atoms with van der Waals surface area (Å²) in [5, 5.41) is 3.41. The largest absolute Gasteiger partial charge is 0.344 e. The Kier molecular flexibility index (Phi) is 5.23. The predicted molar refractivity (Wildman–Crippen MR) is 100 cm³/mol. The van der Waals surface area contributed by atoms with E-state index < -0.39 is 15.1 Å². The molecule has 8 nitrogen and oxygen atoms in total. The third-order valence-corrected chi connectivity index (χ3v) is 6.85. The van der Waals surface area contributed by atoms with Crippen molar-refractivity contribution in [1.82, 2.24) is 15.0 Å². The molecule has 0 N–H and O–H groups in total. The second-order valence-electron chi connectivity index (χ2n) is 7.10. The molecular formula is C18H24N4O4S. The summed E-state index contributed by atoms with van der Waals surface area (Å²) >= 11 is 0. The molecule has 1 aromatic heterocycles. The van der Waals surface area contributed by atoms with Crippen LogP contribution in [0.3, 0.4) is 0 Å². The Hall–Kier alpha value is -2.42. The van der Waals surface area contributed by atoms with Gasteiger partial charge in [-0.15, -0.1) is 0 Å². The summed E-state index contributed by atoms with van der Waals surface area (Å²) in [6, 6.07) is 5.84. The number of likely N-dealkylation sites (tertiary alicyclic amines) is 1. The van der Waals surface area contributed by atoms with Gasteiger partial charge in [-0.25, -0.2) is 8.42 Å². The van der Waals surface area contributed by atoms with Crippen molar-refractivity contribution in [3.63, 3.8) is 0 Å². The van der Waals surface area contributed by atoms with Crippen molar-refractivity contribution in [3.05, 3.63) is 35.7 Å². The first-order valence-corrected chi connectivity index (χ1v) is 10.4. The normalized spacial score (nSPS) is 17.5. The zero-order valence-electron chi connectivity index (χ0n) is 15.9. The van der Waals surface area contributed by atoms with E-state index in [9.17, 15) is 13.2 Å². The third-order valence-electron chi connectivity index (χ3n) is 4.68. The second kappa shape index (κ2) is 7.30. The lowest BCUT2D eigenvalue weighted by Crippen LogP contribution is -2.30. The molecule has 0 saturated carbocycles. The fourth-order valence-corrected chi connectivity index (χ4v) is 4.10. The van der Waals surface area contributed by atoms with Crippen LogP contribution in [0.15, 0.2) is 33.7 Å². The molecular weight excluding hydrogens is 368 g/mol. The summed E-state index contributed by atoms with van der Waals surface area (Å²) in [5.74, 6) is 0.715. The van der Waals surface area contributed by atoms with E-state index in [0.29, 0.717) is 23.9 Å². The van der Waals surface area contributed by atoms with Gasteiger partial charge in [-0.1, -0.05) is 0 Å². The monoisotopic (exact) mass is 392 g/mol. The summed E-state index contributed by atoms with van der Waals surface area (Å²) in [4.78, 5) is 21.0. The van der Waals surface area contributed by atoms with Crippen LogP contribution in [0, 0.1) is 0 Å². The third kappa shape index (κ3) is 3.69. The van der Waals surface area contributed by atoms with Gasteiger partial charge in [0, 0.05) is 26.2 Å². The molecule has 27 heavy (non-hydrogen) atoms. The van der Waals surface area contributed by atoms with Gasteiger partial charge >= 0.3 is 0 Å². The van der Waals surface area contributed by atoms with Crippen LogP contribution in [-0.4, -0.2) is 55.3 Å². The summed E-state index contributed by atoms with van der Waals surface area (Å²) in [7, 11) is 0.276. The molecule has 1 aliphatic rings. The molecule has 1 atom stereocenters. The van der Waals surface area contributed by atoms with Gasteiger partial charge in [-0.3, -0.25) is 4.79 Å². The molecule has 1 aliphatic heterocycles. The van der Waals surface area contributed by atoms with Gasteiger partial charge in [-0.2, -0.15) is 4.98 Å². The molecule has 0 unspecified atom stereocenters. The van der Waals surface area contributed by atoms with Crippen molar-refractivity contribution in [2.75, 3.05) is 25.5 Å². The van der Waals surface area contributed by atoms with E-state index in [2.05, 4.69) is 10.1 Å². The second-order valence-corrected chi connectivity index (χ2v) is 9.61. The van der Waals surface area contributed by atoms with E-state index in [1.54, 1.807) is 35.8 Å². The minimum atomic E-state index is -3.36. The summed E-state index contributed by atoms with van der Waals surface area (Å²) in [5.41, 5.74) is 0.442. The molecule has 2 heterocycles. The minimum absolute atomic E-state index is 0.171. The van der Waals surface area contributed by atoms with Crippen molar-refractivity contribution in [3.8, 4) is 0 Å². The molecule has 1 fully saturated rings. The Morgan fingerprint density at radius 1 is 1.26 bits per heavy atom. The van der Waals surface area contributed by atoms with E-state index in [4.69, 9.17) is 4.52 Å². The summed E-state index contributed by atoms with van der Waals surface area (Å²) < 4.78 is 29.8. The molecule has 0 radical (unpaired) electrons. The number of aromatic nitrogens is 2. The fourth-order valence-electron chi connectivity index (χ4n) is 3.04. The lowest BCUT2D eigenvalue weighted by molar-refractivity contribution is 0.0710. The van der Waals surface area contributed by atoms with Crippen molar-refractivity contribution >= 4 is 21.7 Å². The lowest BCUT2D eigenvalue weighted by Gasteiger charge is -2.22. The molecule has 1 amide bonds. The molecule has 0 aliphatic carbocycles. The predicted octanol–water partition coefficient (Wildman–Crippen LogP) is 2.30. The van der Waals surface area contributed by atoms with Crippen LogP contribution in [0.4, 0.5) is 5.95 Å². The average molecular weight is 392 g/mol. The molecule has 0 spiro atoms. The van der Waals surface area contributed by atoms with Crippen molar-refractivity contribution < 1.29 is 17.7 Å². The highest BCUT2D eigenvalue weighted by Gasteiger charge is 2.34. The Morgan fingerprint density at radius 3 is 2.48 bits per heavy atom. The molecule has 0 bridgehead atoms. The molecule has 9 heteroatoms. The van der Waals surface area contributed by atoms with Gasteiger partial charge in [0.1, 0.15) is 6.04 Å². The summed E-state index contributed by atoms with van der Waals surface area (Å²) in [6.07, 6.45) is 1.59. The smallest absolute Gasteiger partial charge is 0.265 e. The number of carbonyl (C=O) groups is 1. The van der Waals surface area contributed by atoms with Crippen LogP contribution >= 0.6 is 0 Å². The first-order chi connectivity index (χ1) is 12.7. The van der Waals surface area contributed by atoms with Crippen LogP contribution in [0.1, 0.15) is 49.0 Å². The van der Waals surface area contributed by atoms with Crippen LogP contribution in [0.2, 0.25) is 0 Å². The molecule has 1 aromatic carbocycles. The van der Waals surface area contributed by atoms with Gasteiger partial charge in [-0.05, 0) is 56.1 Å². The molecule has 3 rings (SSSR count). The zero-order valence-corrected chi connectivity index (χ0v) is 16.7. The highest BCUT2D eigenvalue weighted by atomic mass is 32.2. The number of rotatable bonds is 5. The fraction of sp³-hybridized carbons (Fsp3) is 0.500. The van der Waals surface area contributed by atoms with Gasteiger partial charge in [0.15, 0.2) is 9.84 Å². The first-order valence-electron chi connectivity index (χ1n) is 8.87. The van der Waals surface area contributed by atoms with Crippen LogP contribution < -0.4 is 4.90 Å². The van der Waals surface area contributed by atoms with Gasteiger partial charge in [0.05, 0.1) is 10.1 Å². The number of anilines is 1. The van der Waals surface area contributed by atoms with E-state index in [-0.39, 0.29) is 16.8 Å². The Labute approximate surface area is 159 Å². The summed E-state index contributed by atoms with van der Waals surface area (Å²) in [6.45, 7) is 3.86. The van der Waals surface area contributed by atoms with Gasteiger partial charge in [0.25, 0.3) is 17.7 Å². The number of nitrogens with zero attached hydrogens (tertiary/aromatic N) is 4. The standard InChI is InChI=1S/C18H24N4O4S/c1-12(2)27(24,25)14-9-7-13(8-10-14)17(23)22-11-5-6-15(22)16-19-18(20-26-16)21(3)4/h7-10,12,15H,5-6,11H2,1-4H3/t15-/m0/s1. The maximum absolute atomic E-state index is 12.9. The quantitative estimate of drug-likeness (QED) is 0.770. The number of carbonyl (C=O) groups excluding carboxylic acids is 1. The maximum atomic E-state index is 12.9. The Bertz CT molecular complexity index is 919. The highest BCUT2D eigenvalue weighted by molar-refractivity contribution is 7.92. The SMILES string of the molecule is CC(C)S(=O)(=O)c1ccc(C(=O)N2CCC[C@H]2c2nc(N(C)C)no2)cc1. The van der Waals surface area contributed by atoms with Crippen molar-refractivity contribution in [2.45, 2.75) is 42.9 Å². The molecule has 2 aromatic rings.